The first-order valence-corrected chi connectivity index (χ1v) is 11.7. The van der Waals surface area contributed by atoms with Gasteiger partial charge in [-0.3, -0.25) is 9.69 Å². The molecule has 2 aliphatic heterocycles. The number of hydrogen-bond acceptors (Lipinski definition) is 6. The highest BCUT2D eigenvalue weighted by Gasteiger charge is 2.26. The molecule has 0 bridgehead atoms. The molecular formula is C24H27N3O3S. The highest BCUT2D eigenvalue weighted by atomic mass is 32.1. The van der Waals surface area contributed by atoms with Crippen LogP contribution in [0.1, 0.15) is 42.3 Å². The van der Waals surface area contributed by atoms with E-state index < -0.39 is 0 Å². The predicted molar refractivity (Wildman–Crippen MR) is 122 cm³/mol. The Bertz CT molecular complexity index is 1050. The number of piperidine rings is 1. The molecule has 6 nitrogen and oxygen atoms in total. The molecule has 1 saturated heterocycles. The van der Waals surface area contributed by atoms with Crippen molar-refractivity contribution in [3.63, 3.8) is 0 Å². The molecule has 3 heterocycles. The monoisotopic (exact) mass is 437 g/mol. The summed E-state index contributed by atoms with van der Waals surface area (Å²) in [5, 5.41) is 4.33. The molecule has 1 N–H and O–H groups in total. The van der Waals surface area contributed by atoms with Crippen LogP contribution < -0.4 is 14.8 Å². The van der Waals surface area contributed by atoms with Crippen LogP contribution in [0.3, 0.4) is 0 Å². The van der Waals surface area contributed by atoms with Crippen molar-refractivity contribution in [2.75, 3.05) is 32.8 Å². The minimum atomic E-state index is -0.0897. The molecule has 2 atom stereocenters. The van der Waals surface area contributed by atoms with Gasteiger partial charge < -0.3 is 14.8 Å². The van der Waals surface area contributed by atoms with Crippen LogP contribution in [-0.4, -0.2) is 48.6 Å². The first-order valence-electron chi connectivity index (χ1n) is 10.9. The summed E-state index contributed by atoms with van der Waals surface area (Å²) in [6.07, 6.45) is 2.22. The number of rotatable bonds is 5. The lowest BCUT2D eigenvalue weighted by Gasteiger charge is -2.31. The summed E-state index contributed by atoms with van der Waals surface area (Å²) in [5.41, 5.74) is 2.09. The molecule has 5 rings (SSSR count). The molecule has 1 amide bonds. The summed E-state index contributed by atoms with van der Waals surface area (Å²) < 4.78 is 12.5. The Kier molecular flexibility index (Phi) is 5.78. The van der Waals surface area contributed by atoms with Gasteiger partial charge in [0.25, 0.3) is 0 Å². The quantitative estimate of drug-likeness (QED) is 0.650. The normalized spacial score (nSPS) is 19.8. The SMILES string of the molecule is C[C@H](NC(=O)CN1CCC[C@H](c2nc3ccccc3s2)C1)c1ccc2c(c1)OCCO2. The fraction of sp³-hybridized carbons (Fsp3) is 0.417. The van der Waals surface area contributed by atoms with Gasteiger partial charge in [0, 0.05) is 12.5 Å². The number of likely N-dealkylation sites (tertiary alicyclic amines) is 1. The molecule has 1 fully saturated rings. The van der Waals surface area contributed by atoms with E-state index in [1.165, 1.54) is 9.71 Å². The second kappa shape index (κ2) is 8.85. The van der Waals surface area contributed by atoms with Crippen molar-refractivity contribution >= 4 is 27.5 Å². The number of thiazole rings is 1. The van der Waals surface area contributed by atoms with Gasteiger partial charge in [0.05, 0.1) is 27.8 Å². The van der Waals surface area contributed by atoms with Crippen molar-refractivity contribution in [1.82, 2.24) is 15.2 Å². The van der Waals surface area contributed by atoms with Gasteiger partial charge in [-0.25, -0.2) is 4.98 Å². The molecule has 162 valence electrons. The van der Waals surface area contributed by atoms with Crippen molar-refractivity contribution in [3.8, 4) is 11.5 Å². The van der Waals surface area contributed by atoms with Gasteiger partial charge in [0.1, 0.15) is 13.2 Å². The molecule has 0 saturated carbocycles. The highest BCUT2D eigenvalue weighted by molar-refractivity contribution is 7.18. The Morgan fingerprint density at radius 2 is 2.06 bits per heavy atom. The summed E-state index contributed by atoms with van der Waals surface area (Å²) in [5.74, 6) is 1.96. The van der Waals surface area contributed by atoms with Gasteiger partial charge in [-0.2, -0.15) is 0 Å². The number of nitrogens with zero attached hydrogens (tertiary/aromatic N) is 2. The van der Waals surface area contributed by atoms with E-state index in [1.54, 1.807) is 11.3 Å². The van der Waals surface area contributed by atoms with E-state index >= 15 is 0 Å². The second-order valence-electron chi connectivity index (χ2n) is 8.29. The van der Waals surface area contributed by atoms with E-state index in [4.69, 9.17) is 14.5 Å². The average molecular weight is 438 g/mol. The van der Waals surface area contributed by atoms with Crippen LogP contribution in [0.25, 0.3) is 10.2 Å². The summed E-state index contributed by atoms with van der Waals surface area (Å²) in [6.45, 7) is 5.38. The maximum atomic E-state index is 12.7. The molecule has 0 radical (unpaired) electrons. The summed E-state index contributed by atoms with van der Waals surface area (Å²) in [7, 11) is 0. The van der Waals surface area contributed by atoms with E-state index in [2.05, 4.69) is 28.4 Å². The number of ether oxygens (including phenoxy) is 2. The number of benzene rings is 2. The first-order chi connectivity index (χ1) is 15.2. The van der Waals surface area contributed by atoms with Crippen LogP contribution in [-0.2, 0) is 4.79 Å². The Morgan fingerprint density at radius 1 is 1.23 bits per heavy atom. The summed E-state index contributed by atoms with van der Waals surface area (Å²) in [4.78, 5) is 19.8. The third-order valence-corrected chi connectivity index (χ3v) is 7.18. The number of hydrogen-bond donors (Lipinski definition) is 1. The number of carbonyl (C=O) groups excluding carboxylic acids is 1. The van der Waals surface area contributed by atoms with E-state index in [9.17, 15) is 4.79 Å². The molecule has 7 heteroatoms. The van der Waals surface area contributed by atoms with Crippen molar-refractivity contribution in [1.29, 1.82) is 0 Å². The zero-order valence-corrected chi connectivity index (χ0v) is 18.5. The predicted octanol–water partition coefficient (Wildman–Crippen LogP) is 4.12. The first kappa shape index (κ1) is 20.3. The minimum Gasteiger partial charge on any atom is -0.486 e. The van der Waals surface area contributed by atoms with Gasteiger partial charge in [0.15, 0.2) is 11.5 Å². The number of aromatic nitrogens is 1. The molecule has 2 aromatic carbocycles. The molecule has 0 spiro atoms. The smallest absolute Gasteiger partial charge is 0.234 e. The molecule has 3 aromatic rings. The van der Waals surface area contributed by atoms with Crippen LogP contribution in [0.15, 0.2) is 42.5 Å². The van der Waals surface area contributed by atoms with Crippen molar-refractivity contribution in [2.24, 2.45) is 0 Å². The molecule has 1 aromatic heterocycles. The van der Waals surface area contributed by atoms with E-state index in [0.29, 0.717) is 25.7 Å². The zero-order chi connectivity index (χ0) is 21.2. The number of nitrogens with one attached hydrogen (secondary N) is 1. The van der Waals surface area contributed by atoms with E-state index in [1.807, 2.05) is 31.2 Å². The minimum absolute atomic E-state index is 0.0485. The summed E-state index contributed by atoms with van der Waals surface area (Å²) in [6, 6.07) is 14.1. The molecule has 0 unspecified atom stereocenters. The van der Waals surface area contributed by atoms with E-state index in [-0.39, 0.29) is 11.9 Å². The lowest BCUT2D eigenvalue weighted by Crippen LogP contribution is -2.42. The molecule has 31 heavy (non-hydrogen) atoms. The molecular weight excluding hydrogens is 410 g/mol. The average Bonchev–Trinajstić information content (AvgIpc) is 3.23. The maximum absolute atomic E-state index is 12.7. The third kappa shape index (κ3) is 4.52. The van der Waals surface area contributed by atoms with Crippen molar-refractivity contribution in [2.45, 2.75) is 31.7 Å². The number of para-hydroxylation sites is 1. The standard InChI is InChI=1S/C24H27N3O3S/c1-16(17-8-9-20-21(13-17)30-12-11-29-20)25-23(28)15-27-10-4-5-18(14-27)24-26-19-6-2-3-7-22(19)31-24/h2-3,6-9,13,16,18H,4-5,10-12,14-15H2,1H3,(H,25,28)/t16-,18-/m0/s1. The number of amides is 1. The van der Waals surface area contributed by atoms with Crippen molar-refractivity contribution in [3.05, 3.63) is 53.0 Å². The number of fused-ring (bicyclic) bond motifs is 2. The Labute approximate surface area is 186 Å². The Balaban J connectivity index is 1.19. The van der Waals surface area contributed by atoms with Crippen molar-refractivity contribution < 1.29 is 14.3 Å². The topological polar surface area (TPSA) is 63.7 Å². The highest BCUT2D eigenvalue weighted by Crippen LogP contribution is 2.34. The number of carbonyl (C=O) groups is 1. The second-order valence-corrected chi connectivity index (χ2v) is 9.35. The van der Waals surface area contributed by atoms with Crippen LogP contribution in [0.2, 0.25) is 0 Å². The lowest BCUT2D eigenvalue weighted by molar-refractivity contribution is -0.123. The van der Waals surface area contributed by atoms with Crippen LogP contribution >= 0.6 is 11.3 Å². The molecule has 2 aliphatic rings. The van der Waals surface area contributed by atoms with Crippen LogP contribution in [0.5, 0.6) is 11.5 Å². The van der Waals surface area contributed by atoms with Gasteiger partial charge in [-0.15, -0.1) is 11.3 Å². The Hall–Kier alpha value is -2.64. The fourth-order valence-electron chi connectivity index (χ4n) is 4.37. The molecule has 0 aliphatic carbocycles. The zero-order valence-electron chi connectivity index (χ0n) is 17.7. The van der Waals surface area contributed by atoms with E-state index in [0.717, 1.165) is 48.5 Å². The largest absolute Gasteiger partial charge is 0.486 e. The van der Waals surface area contributed by atoms with Gasteiger partial charge in [-0.1, -0.05) is 18.2 Å². The Morgan fingerprint density at radius 3 is 2.94 bits per heavy atom. The lowest BCUT2D eigenvalue weighted by atomic mass is 9.98. The van der Waals surface area contributed by atoms with Crippen LogP contribution in [0.4, 0.5) is 0 Å². The van der Waals surface area contributed by atoms with Gasteiger partial charge in [0.2, 0.25) is 5.91 Å². The van der Waals surface area contributed by atoms with Gasteiger partial charge >= 0.3 is 0 Å². The van der Waals surface area contributed by atoms with Crippen LogP contribution in [0, 0.1) is 0 Å². The summed E-state index contributed by atoms with van der Waals surface area (Å²) >= 11 is 1.78. The fourth-order valence-corrected chi connectivity index (χ4v) is 5.46. The maximum Gasteiger partial charge on any atom is 0.234 e. The van der Waals surface area contributed by atoms with Gasteiger partial charge in [-0.05, 0) is 56.1 Å². The third-order valence-electron chi connectivity index (χ3n) is 5.98.